The zero-order chi connectivity index (χ0) is 17.2. The number of amides is 1. The van der Waals surface area contributed by atoms with Crippen molar-refractivity contribution in [2.45, 2.75) is 40.5 Å². The van der Waals surface area contributed by atoms with E-state index in [1.807, 2.05) is 50.8 Å². The Hall–Kier alpha value is -1.84. The number of piperidine rings is 1. The maximum atomic E-state index is 12.7. The number of carbonyl (C=O) groups excluding carboxylic acids is 2. The molecular weight excluding hydrogens is 290 g/mol. The summed E-state index contributed by atoms with van der Waals surface area (Å²) in [5, 5.41) is 0. The van der Waals surface area contributed by atoms with Crippen molar-refractivity contribution in [1.29, 1.82) is 0 Å². The van der Waals surface area contributed by atoms with E-state index >= 15 is 0 Å². The third-order valence-corrected chi connectivity index (χ3v) is 4.47. The Balaban J connectivity index is 2.01. The summed E-state index contributed by atoms with van der Waals surface area (Å²) in [6, 6.07) is 5.58. The van der Waals surface area contributed by atoms with E-state index in [0.29, 0.717) is 13.1 Å². The average molecular weight is 317 g/mol. The fraction of sp³-hybridized carbons (Fsp3) is 0.579. The minimum Gasteiger partial charge on any atom is -0.496 e. The summed E-state index contributed by atoms with van der Waals surface area (Å²) < 4.78 is 5.24. The number of likely N-dealkylation sites (tertiary alicyclic amines) is 1. The van der Waals surface area contributed by atoms with Crippen LogP contribution in [0.4, 0.5) is 0 Å². The summed E-state index contributed by atoms with van der Waals surface area (Å²) in [4.78, 5) is 26.9. The second-order valence-corrected chi connectivity index (χ2v) is 7.37. The smallest absolute Gasteiger partial charge is 0.227 e. The number of methoxy groups -OCH3 is 1. The molecule has 1 aliphatic rings. The van der Waals surface area contributed by atoms with Crippen molar-refractivity contribution in [3.63, 3.8) is 0 Å². The first-order valence-corrected chi connectivity index (χ1v) is 8.22. The van der Waals surface area contributed by atoms with Crippen LogP contribution in [0.2, 0.25) is 0 Å². The molecule has 1 fully saturated rings. The van der Waals surface area contributed by atoms with Crippen LogP contribution in [0.25, 0.3) is 0 Å². The highest BCUT2D eigenvalue weighted by molar-refractivity contribution is 5.98. The van der Waals surface area contributed by atoms with Crippen LogP contribution >= 0.6 is 0 Å². The number of rotatable bonds is 3. The summed E-state index contributed by atoms with van der Waals surface area (Å²) in [5.41, 5.74) is 1.35. The van der Waals surface area contributed by atoms with Gasteiger partial charge in [-0.1, -0.05) is 20.8 Å². The quantitative estimate of drug-likeness (QED) is 0.802. The second-order valence-electron chi connectivity index (χ2n) is 7.37. The Labute approximate surface area is 138 Å². The maximum Gasteiger partial charge on any atom is 0.227 e. The van der Waals surface area contributed by atoms with E-state index in [4.69, 9.17) is 4.74 Å². The van der Waals surface area contributed by atoms with Crippen molar-refractivity contribution in [3.05, 3.63) is 29.3 Å². The Bertz CT molecular complexity index is 593. The van der Waals surface area contributed by atoms with Gasteiger partial charge in [0.2, 0.25) is 5.91 Å². The van der Waals surface area contributed by atoms with Crippen LogP contribution in [0.1, 0.15) is 49.5 Å². The van der Waals surface area contributed by atoms with Crippen LogP contribution in [-0.4, -0.2) is 36.8 Å². The standard InChI is InChI=1S/C19H27NO3/c1-13-12-15(6-7-16(13)23-5)17(21)14-8-10-20(11-9-14)18(22)19(2,3)4/h6-7,12,14H,8-11H2,1-5H3. The highest BCUT2D eigenvalue weighted by Crippen LogP contribution is 2.27. The molecule has 1 amide bonds. The summed E-state index contributed by atoms with van der Waals surface area (Å²) >= 11 is 0. The topological polar surface area (TPSA) is 46.6 Å². The number of hydrogen-bond donors (Lipinski definition) is 0. The van der Waals surface area contributed by atoms with Gasteiger partial charge in [0.25, 0.3) is 0 Å². The van der Waals surface area contributed by atoms with Gasteiger partial charge in [0, 0.05) is 30.0 Å². The van der Waals surface area contributed by atoms with E-state index in [2.05, 4.69) is 0 Å². The third kappa shape index (κ3) is 3.92. The lowest BCUT2D eigenvalue weighted by Gasteiger charge is -2.35. The zero-order valence-corrected chi connectivity index (χ0v) is 14.8. The van der Waals surface area contributed by atoms with Crippen molar-refractivity contribution in [3.8, 4) is 5.75 Å². The van der Waals surface area contributed by atoms with Crippen LogP contribution in [-0.2, 0) is 4.79 Å². The van der Waals surface area contributed by atoms with E-state index in [1.54, 1.807) is 7.11 Å². The molecule has 0 radical (unpaired) electrons. The van der Waals surface area contributed by atoms with Gasteiger partial charge < -0.3 is 9.64 Å². The van der Waals surface area contributed by atoms with E-state index in [9.17, 15) is 9.59 Å². The molecule has 23 heavy (non-hydrogen) atoms. The van der Waals surface area contributed by atoms with Crippen molar-refractivity contribution in [2.75, 3.05) is 20.2 Å². The van der Waals surface area contributed by atoms with Gasteiger partial charge >= 0.3 is 0 Å². The van der Waals surface area contributed by atoms with E-state index in [-0.39, 0.29) is 23.0 Å². The normalized spacial score (nSPS) is 16.3. The lowest BCUT2D eigenvalue weighted by Crippen LogP contribution is -2.45. The van der Waals surface area contributed by atoms with E-state index in [0.717, 1.165) is 29.7 Å². The Morgan fingerprint density at radius 2 is 1.78 bits per heavy atom. The van der Waals surface area contributed by atoms with Gasteiger partial charge in [-0.15, -0.1) is 0 Å². The molecule has 1 heterocycles. The predicted octanol–water partition coefficient (Wildman–Crippen LogP) is 3.47. The molecule has 0 unspecified atom stereocenters. The highest BCUT2D eigenvalue weighted by atomic mass is 16.5. The number of ketones is 1. The molecule has 1 aromatic rings. The average Bonchev–Trinajstić information content (AvgIpc) is 2.52. The minimum atomic E-state index is -0.357. The molecule has 126 valence electrons. The lowest BCUT2D eigenvalue weighted by atomic mass is 9.86. The first-order valence-electron chi connectivity index (χ1n) is 8.22. The van der Waals surface area contributed by atoms with Gasteiger partial charge in [-0.3, -0.25) is 9.59 Å². The van der Waals surface area contributed by atoms with Crippen molar-refractivity contribution >= 4 is 11.7 Å². The van der Waals surface area contributed by atoms with Crippen molar-refractivity contribution < 1.29 is 14.3 Å². The van der Waals surface area contributed by atoms with Crippen LogP contribution in [0, 0.1) is 18.3 Å². The molecule has 0 aromatic heterocycles. The Morgan fingerprint density at radius 1 is 1.17 bits per heavy atom. The number of hydrogen-bond acceptors (Lipinski definition) is 3. The molecule has 1 aromatic carbocycles. The zero-order valence-electron chi connectivity index (χ0n) is 14.8. The van der Waals surface area contributed by atoms with Crippen LogP contribution in [0.15, 0.2) is 18.2 Å². The number of nitrogens with zero attached hydrogens (tertiary/aromatic N) is 1. The minimum absolute atomic E-state index is 0.00631. The Kier molecular flexibility index (Phi) is 5.12. The third-order valence-electron chi connectivity index (χ3n) is 4.47. The monoisotopic (exact) mass is 317 g/mol. The van der Waals surface area contributed by atoms with Gasteiger partial charge in [-0.05, 0) is 43.5 Å². The van der Waals surface area contributed by atoms with E-state index < -0.39 is 0 Å². The molecule has 1 aliphatic heterocycles. The molecule has 0 bridgehead atoms. The summed E-state index contributed by atoms with van der Waals surface area (Å²) in [7, 11) is 1.63. The number of carbonyl (C=O) groups is 2. The molecule has 0 spiro atoms. The molecule has 0 aliphatic carbocycles. The first kappa shape index (κ1) is 17.5. The summed E-state index contributed by atoms with van der Waals surface area (Å²) in [6.07, 6.45) is 1.48. The number of benzene rings is 1. The fourth-order valence-corrected chi connectivity index (χ4v) is 3.09. The molecule has 4 heteroatoms. The van der Waals surface area contributed by atoms with Crippen molar-refractivity contribution in [1.82, 2.24) is 4.90 Å². The molecular formula is C19H27NO3. The maximum absolute atomic E-state index is 12.7. The number of ether oxygens (including phenoxy) is 1. The SMILES string of the molecule is COc1ccc(C(=O)C2CCN(C(=O)C(C)(C)C)CC2)cc1C. The highest BCUT2D eigenvalue weighted by Gasteiger charge is 2.32. The van der Waals surface area contributed by atoms with Gasteiger partial charge in [0.05, 0.1) is 7.11 Å². The van der Waals surface area contributed by atoms with Gasteiger partial charge in [-0.25, -0.2) is 0 Å². The summed E-state index contributed by atoms with van der Waals surface area (Å²) in [5.74, 6) is 1.15. The van der Waals surface area contributed by atoms with Gasteiger partial charge in [-0.2, -0.15) is 0 Å². The van der Waals surface area contributed by atoms with E-state index in [1.165, 1.54) is 0 Å². The fourth-order valence-electron chi connectivity index (χ4n) is 3.09. The van der Waals surface area contributed by atoms with Crippen LogP contribution in [0.3, 0.4) is 0 Å². The largest absolute Gasteiger partial charge is 0.496 e. The number of aryl methyl sites for hydroxylation is 1. The molecule has 4 nitrogen and oxygen atoms in total. The molecule has 0 saturated carbocycles. The molecule has 0 N–H and O–H groups in total. The van der Waals surface area contributed by atoms with Gasteiger partial charge in [0.1, 0.15) is 5.75 Å². The first-order chi connectivity index (χ1) is 10.7. The molecule has 2 rings (SSSR count). The summed E-state index contributed by atoms with van der Waals surface area (Å²) in [6.45, 7) is 9.09. The second kappa shape index (κ2) is 6.73. The molecule has 0 atom stereocenters. The van der Waals surface area contributed by atoms with Crippen LogP contribution in [0.5, 0.6) is 5.75 Å². The van der Waals surface area contributed by atoms with Crippen molar-refractivity contribution in [2.24, 2.45) is 11.3 Å². The Morgan fingerprint density at radius 3 is 2.26 bits per heavy atom. The predicted molar refractivity (Wildman–Crippen MR) is 90.8 cm³/mol. The number of Topliss-reactive ketones (excluding diaryl/α,β-unsaturated/α-hetero) is 1. The van der Waals surface area contributed by atoms with Crippen LogP contribution < -0.4 is 4.74 Å². The lowest BCUT2D eigenvalue weighted by molar-refractivity contribution is -0.140. The van der Waals surface area contributed by atoms with Gasteiger partial charge in [0.15, 0.2) is 5.78 Å². The molecule has 1 saturated heterocycles.